The van der Waals surface area contributed by atoms with Crippen LogP contribution < -0.4 is 10.8 Å². The van der Waals surface area contributed by atoms with Crippen molar-refractivity contribution in [3.63, 3.8) is 0 Å². The van der Waals surface area contributed by atoms with Crippen molar-refractivity contribution in [3.05, 3.63) is 77.0 Å². The van der Waals surface area contributed by atoms with E-state index in [1.54, 1.807) is 5.48 Å². The van der Waals surface area contributed by atoms with E-state index in [4.69, 9.17) is 10.2 Å². The quantitative estimate of drug-likeness (QED) is 0.400. The second-order valence-corrected chi connectivity index (χ2v) is 9.14. The molecule has 1 aromatic heterocycles. The SMILES string of the molecule is CC(C)c1cc(Cc2ccc(C(=O)N[C@@H]3CN(C)C[C@@H]3C(=O)NO)cc2)c2ccccc2n1. The van der Waals surface area contributed by atoms with Gasteiger partial charge in [-0.05, 0) is 54.8 Å². The fourth-order valence-electron chi connectivity index (χ4n) is 4.45. The van der Waals surface area contributed by atoms with Gasteiger partial charge < -0.3 is 10.2 Å². The third-order valence-corrected chi connectivity index (χ3v) is 6.29. The van der Waals surface area contributed by atoms with Crippen molar-refractivity contribution in [1.29, 1.82) is 0 Å². The highest BCUT2D eigenvalue weighted by atomic mass is 16.5. The van der Waals surface area contributed by atoms with E-state index in [1.165, 1.54) is 5.56 Å². The molecular weight excluding hydrogens is 416 g/mol. The average Bonchev–Trinajstić information content (AvgIpc) is 3.18. The number of likely N-dealkylation sites (N-methyl/N-ethyl adjacent to an activating group) is 1. The molecule has 1 fully saturated rings. The highest BCUT2D eigenvalue weighted by molar-refractivity contribution is 5.95. The second kappa shape index (κ2) is 9.68. The molecule has 2 amide bonds. The lowest BCUT2D eigenvalue weighted by atomic mass is 9.97. The van der Waals surface area contributed by atoms with Gasteiger partial charge in [-0.25, -0.2) is 5.48 Å². The number of nitrogens with one attached hydrogen (secondary N) is 2. The smallest absolute Gasteiger partial charge is 0.251 e. The fourth-order valence-corrected chi connectivity index (χ4v) is 4.45. The van der Waals surface area contributed by atoms with E-state index < -0.39 is 11.8 Å². The Balaban J connectivity index is 1.50. The lowest BCUT2D eigenvalue weighted by molar-refractivity contribution is -0.133. The van der Waals surface area contributed by atoms with E-state index in [0.29, 0.717) is 24.6 Å². The van der Waals surface area contributed by atoms with Crippen molar-refractivity contribution in [1.82, 2.24) is 20.7 Å². The average molecular weight is 447 g/mol. The molecule has 7 heteroatoms. The van der Waals surface area contributed by atoms with Crippen LogP contribution >= 0.6 is 0 Å². The summed E-state index contributed by atoms with van der Waals surface area (Å²) in [5, 5.41) is 13.1. The summed E-state index contributed by atoms with van der Waals surface area (Å²) in [5.74, 6) is -0.858. The molecule has 0 spiro atoms. The normalized spacial score (nSPS) is 18.6. The molecule has 2 atom stereocenters. The number of carbonyl (C=O) groups is 2. The maximum absolute atomic E-state index is 12.8. The topological polar surface area (TPSA) is 94.6 Å². The minimum atomic E-state index is -0.488. The van der Waals surface area contributed by atoms with Crippen LogP contribution in [-0.4, -0.2) is 53.1 Å². The molecule has 4 rings (SSSR count). The van der Waals surface area contributed by atoms with E-state index in [0.717, 1.165) is 28.6 Å². The van der Waals surface area contributed by atoms with Gasteiger partial charge in [-0.3, -0.25) is 19.8 Å². The number of para-hydroxylation sites is 1. The molecule has 172 valence electrons. The number of nitrogens with zero attached hydrogens (tertiary/aromatic N) is 2. The molecule has 7 nitrogen and oxygen atoms in total. The van der Waals surface area contributed by atoms with Crippen LogP contribution in [0.5, 0.6) is 0 Å². The van der Waals surface area contributed by atoms with E-state index in [-0.39, 0.29) is 11.9 Å². The van der Waals surface area contributed by atoms with Crippen LogP contribution in [0.4, 0.5) is 0 Å². The maximum Gasteiger partial charge on any atom is 0.251 e. The first-order valence-electron chi connectivity index (χ1n) is 11.3. The number of hydroxylamine groups is 1. The summed E-state index contributed by atoms with van der Waals surface area (Å²) in [7, 11) is 1.88. The summed E-state index contributed by atoms with van der Waals surface area (Å²) in [5.41, 5.74) is 6.64. The molecule has 1 aliphatic rings. The maximum atomic E-state index is 12.8. The Hall–Kier alpha value is -3.29. The Bertz CT molecular complexity index is 1160. The minimum Gasteiger partial charge on any atom is -0.347 e. The summed E-state index contributed by atoms with van der Waals surface area (Å²) in [6, 6.07) is 17.6. The van der Waals surface area contributed by atoms with Crippen LogP contribution in [0.3, 0.4) is 0 Å². The molecule has 2 aromatic carbocycles. The third-order valence-electron chi connectivity index (χ3n) is 6.29. The van der Waals surface area contributed by atoms with E-state index in [2.05, 4.69) is 31.3 Å². The summed E-state index contributed by atoms with van der Waals surface area (Å²) < 4.78 is 0. The van der Waals surface area contributed by atoms with Crippen molar-refractivity contribution in [2.75, 3.05) is 20.1 Å². The molecular formula is C26H30N4O3. The number of hydrogen-bond donors (Lipinski definition) is 3. The predicted octanol–water partition coefficient (Wildman–Crippen LogP) is 3.11. The van der Waals surface area contributed by atoms with Gasteiger partial charge in [0.15, 0.2) is 0 Å². The van der Waals surface area contributed by atoms with E-state index in [1.807, 2.05) is 54.4 Å². The molecule has 0 saturated carbocycles. The molecule has 3 N–H and O–H groups in total. The van der Waals surface area contributed by atoms with Gasteiger partial charge in [0.2, 0.25) is 5.91 Å². The summed E-state index contributed by atoms with van der Waals surface area (Å²) >= 11 is 0. The highest BCUT2D eigenvalue weighted by Gasteiger charge is 2.37. The zero-order valence-corrected chi connectivity index (χ0v) is 19.2. The van der Waals surface area contributed by atoms with Gasteiger partial charge in [-0.2, -0.15) is 0 Å². The van der Waals surface area contributed by atoms with Gasteiger partial charge in [0, 0.05) is 29.7 Å². The summed E-state index contributed by atoms with van der Waals surface area (Å²) in [6.45, 7) is 5.32. The van der Waals surface area contributed by atoms with Crippen molar-refractivity contribution in [2.24, 2.45) is 5.92 Å². The van der Waals surface area contributed by atoms with Crippen LogP contribution in [0.25, 0.3) is 10.9 Å². The molecule has 1 aliphatic heterocycles. The van der Waals surface area contributed by atoms with Gasteiger partial charge in [-0.15, -0.1) is 0 Å². The molecule has 0 aliphatic carbocycles. The molecule has 33 heavy (non-hydrogen) atoms. The Morgan fingerprint density at radius 3 is 2.55 bits per heavy atom. The van der Waals surface area contributed by atoms with E-state index in [9.17, 15) is 9.59 Å². The van der Waals surface area contributed by atoms with Crippen molar-refractivity contribution >= 4 is 22.7 Å². The van der Waals surface area contributed by atoms with Crippen molar-refractivity contribution < 1.29 is 14.8 Å². The van der Waals surface area contributed by atoms with Crippen LogP contribution in [0.1, 0.15) is 46.9 Å². The zero-order valence-electron chi connectivity index (χ0n) is 19.2. The van der Waals surface area contributed by atoms with E-state index >= 15 is 0 Å². The van der Waals surface area contributed by atoms with Crippen molar-refractivity contribution in [2.45, 2.75) is 32.2 Å². The number of likely N-dealkylation sites (tertiary alicyclic amines) is 1. The van der Waals surface area contributed by atoms with Gasteiger partial charge in [0.1, 0.15) is 0 Å². The molecule has 2 heterocycles. The standard InChI is InChI=1S/C26H30N4O3/c1-16(2)23-13-19(20-6-4-5-7-22(20)27-23)12-17-8-10-18(11-9-17)25(31)28-24-15-30(3)14-21(24)26(32)29-33/h4-11,13,16,21,24,33H,12,14-15H2,1-3H3,(H,28,31)(H,29,32)/t21-,24+/m0/s1. The number of hydrogen-bond acceptors (Lipinski definition) is 5. The Kier molecular flexibility index (Phi) is 6.72. The molecule has 3 aromatic rings. The number of pyridine rings is 1. The zero-order chi connectivity index (χ0) is 23.5. The first-order chi connectivity index (χ1) is 15.9. The Labute approximate surface area is 193 Å². The molecule has 1 saturated heterocycles. The Morgan fingerprint density at radius 2 is 1.85 bits per heavy atom. The summed E-state index contributed by atoms with van der Waals surface area (Å²) in [4.78, 5) is 31.5. The minimum absolute atomic E-state index is 0.228. The first-order valence-corrected chi connectivity index (χ1v) is 11.3. The number of fused-ring (bicyclic) bond motifs is 1. The van der Waals surface area contributed by atoms with Gasteiger partial charge >= 0.3 is 0 Å². The number of carbonyl (C=O) groups excluding carboxylic acids is 2. The monoisotopic (exact) mass is 446 g/mol. The fraction of sp³-hybridized carbons (Fsp3) is 0.346. The third kappa shape index (κ3) is 5.05. The number of aromatic nitrogens is 1. The van der Waals surface area contributed by atoms with Crippen LogP contribution in [-0.2, 0) is 11.2 Å². The number of rotatable bonds is 6. The van der Waals surface area contributed by atoms with Crippen LogP contribution in [0.15, 0.2) is 54.6 Å². The van der Waals surface area contributed by atoms with Crippen LogP contribution in [0.2, 0.25) is 0 Å². The van der Waals surface area contributed by atoms with Gasteiger partial charge in [-0.1, -0.05) is 44.2 Å². The molecule has 0 unspecified atom stereocenters. The lowest BCUT2D eigenvalue weighted by Crippen LogP contribution is -2.45. The largest absolute Gasteiger partial charge is 0.347 e. The van der Waals surface area contributed by atoms with Crippen molar-refractivity contribution in [3.8, 4) is 0 Å². The molecule has 0 radical (unpaired) electrons. The van der Waals surface area contributed by atoms with Gasteiger partial charge in [0.25, 0.3) is 5.91 Å². The Morgan fingerprint density at radius 1 is 1.12 bits per heavy atom. The predicted molar refractivity (Wildman–Crippen MR) is 127 cm³/mol. The molecule has 0 bridgehead atoms. The van der Waals surface area contributed by atoms with Gasteiger partial charge in [0.05, 0.1) is 17.5 Å². The second-order valence-electron chi connectivity index (χ2n) is 9.14. The lowest BCUT2D eigenvalue weighted by Gasteiger charge is -2.18. The first kappa shape index (κ1) is 22.9. The summed E-state index contributed by atoms with van der Waals surface area (Å²) in [6.07, 6.45) is 0.747. The van der Waals surface area contributed by atoms with Crippen LogP contribution in [0, 0.1) is 5.92 Å². The number of benzene rings is 2. The highest BCUT2D eigenvalue weighted by Crippen LogP contribution is 2.25. The number of amides is 2.